The molecule has 0 N–H and O–H groups in total. The topological polar surface area (TPSA) is 38.1 Å². The van der Waals surface area contributed by atoms with Crippen LogP contribution >= 0.6 is 0 Å². The van der Waals surface area contributed by atoms with Crippen molar-refractivity contribution in [3.63, 3.8) is 0 Å². The Morgan fingerprint density at radius 2 is 1.96 bits per heavy atom. The molecular weight excluding hydrogens is 298 g/mol. The summed E-state index contributed by atoms with van der Waals surface area (Å²) in [5, 5.41) is 4.43. The van der Waals surface area contributed by atoms with Crippen molar-refractivity contribution in [2.75, 3.05) is 13.1 Å². The monoisotopic (exact) mass is 323 g/mol. The lowest BCUT2D eigenvalue weighted by Gasteiger charge is -2.27. The standard InChI is InChI=1S/C20H25N3O/c1-15-19(16(2)22(3)21-15)9-10-20(24)23-13-11-18(12-14-23)17-7-5-4-6-8-17/h4-8,11H,9-10,12-14H2,1-3H3. The summed E-state index contributed by atoms with van der Waals surface area (Å²) in [6.45, 7) is 5.61. The van der Waals surface area contributed by atoms with Gasteiger partial charge in [0.25, 0.3) is 0 Å². The third-order valence-electron chi connectivity index (χ3n) is 4.95. The summed E-state index contributed by atoms with van der Waals surface area (Å²) >= 11 is 0. The Morgan fingerprint density at radius 1 is 1.21 bits per heavy atom. The molecule has 126 valence electrons. The van der Waals surface area contributed by atoms with Gasteiger partial charge >= 0.3 is 0 Å². The number of carbonyl (C=O) groups excluding carboxylic acids is 1. The molecule has 1 aromatic heterocycles. The van der Waals surface area contributed by atoms with Crippen molar-refractivity contribution in [2.45, 2.75) is 33.1 Å². The van der Waals surface area contributed by atoms with Crippen LogP contribution in [0.5, 0.6) is 0 Å². The Labute approximate surface area is 143 Å². The highest BCUT2D eigenvalue weighted by atomic mass is 16.2. The van der Waals surface area contributed by atoms with Gasteiger partial charge in [0.15, 0.2) is 0 Å². The molecule has 3 rings (SSSR count). The van der Waals surface area contributed by atoms with Crippen LogP contribution in [-0.4, -0.2) is 33.7 Å². The summed E-state index contributed by atoms with van der Waals surface area (Å²) in [5.74, 6) is 0.237. The van der Waals surface area contributed by atoms with Gasteiger partial charge in [0.05, 0.1) is 5.69 Å². The first-order valence-corrected chi connectivity index (χ1v) is 8.57. The molecule has 4 heteroatoms. The predicted octanol–water partition coefficient (Wildman–Crippen LogP) is 3.29. The predicted molar refractivity (Wildman–Crippen MR) is 96.6 cm³/mol. The number of aromatic nitrogens is 2. The van der Waals surface area contributed by atoms with Crippen molar-refractivity contribution in [3.8, 4) is 0 Å². The molecule has 0 radical (unpaired) electrons. The normalized spacial score (nSPS) is 14.6. The van der Waals surface area contributed by atoms with Gasteiger partial charge in [-0.3, -0.25) is 9.48 Å². The van der Waals surface area contributed by atoms with Crippen molar-refractivity contribution < 1.29 is 4.79 Å². The zero-order chi connectivity index (χ0) is 17.1. The summed E-state index contributed by atoms with van der Waals surface area (Å²) in [7, 11) is 1.95. The number of carbonyl (C=O) groups is 1. The van der Waals surface area contributed by atoms with Gasteiger partial charge in [-0.15, -0.1) is 0 Å². The third kappa shape index (κ3) is 3.42. The lowest BCUT2D eigenvalue weighted by molar-refractivity contribution is -0.130. The smallest absolute Gasteiger partial charge is 0.223 e. The van der Waals surface area contributed by atoms with Crippen LogP contribution in [0.4, 0.5) is 0 Å². The van der Waals surface area contributed by atoms with Gasteiger partial charge in [0, 0.05) is 32.3 Å². The maximum absolute atomic E-state index is 12.5. The lowest BCUT2D eigenvalue weighted by Crippen LogP contribution is -2.34. The first-order chi connectivity index (χ1) is 11.6. The number of rotatable bonds is 4. The van der Waals surface area contributed by atoms with Gasteiger partial charge in [-0.25, -0.2) is 0 Å². The van der Waals surface area contributed by atoms with Crippen molar-refractivity contribution in [2.24, 2.45) is 7.05 Å². The molecule has 24 heavy (non-hydrogen) atoms. The van der Waals surface area contributed by atoms with Gasteiger partial charge in [0.1, 0.15) is 0 Å². The number of hydrogen-bond donors (Lipinski definition) is 0. The van der Waals surface area contributed by atoms with Gasteiger partial charge in [-0.2, -0.15) is 5.10 Å². The van der Waals surface area contributed by atoms with Crippen molar-refractivity contribution in [1.82, 2.24) is 14.7 Å². The summed E-state index contributed by atoms with van der Waals surface area (Å²) < 4.78 is 1.89. The molecule has 0 fully saturated rings. The van der Waals surface area contributed by atoms with E-state index in [-0.39, 0.29) is 5.91 Å². The van der Waals surface area contributed by atoms with Crippen LogP contribution in [0.2, 0.25) is 0 Å². The van der Waals surface area contributed by atoms with Crippen LogP contribution in [0, 0.1) is 13.8 Å². The van der Waals surface area contributed by atoms with E-state index >= 15 is 0 Å². The maximum Gasteiger partial charge on any atom is 0.223 e. The van der Waals surface area contributed by atoms with E-state index < -0.39 is 0 Å². The molecule has 1 aliphatic rings. The van der Waals surface area contributed by atoms with Crippen molar-refractivity contribution in [3.05, 3.63) is 58.9 Å². The van der Waals surface area contributed by atoms with Crippen molar-refractivity contribution in [1.29, 1.82) is 0 Å². The van der Waals surface area contributed by atoms with Crippen LogP contribution in [0.25, 0.3) is 5.57 Å². The quantitative estimate of drug-likeness (QED) is 0.866. The van der Waals surface area contributed by atoms with Crippen LogP contribution in [0.15, 0.2) is 36.4 Å². The second kappa shape index (κ2) is 7.04. The van der Waals surface area contributed by atoms with Gasteiger partial charge in [-0.05, 0) is 43.4 Å². The van der Waals surface area contributed by atoms with E-state index in [9.17, 15) is 4.79 Å². The van der Waals surface area contributed by atoms with Crippen LogP contribution < -0.4 is 0 Å². The molecular formula is C20H25N3O. The zero-order valence-electron chi connectivity index (χ0n) is 14.7. The summed E-state index contributed by atoms with van der Waals surface area (Å²) in [6, 6.07) is 10.4. The van der Waals surface area contributed by atoms with Gasteiger partial charge < -0.3 is 4.90 Å². The number of hydrogen-bond acceptors (Lipinski definition) is 2. The Balaban J connectivity index is 1.58. The average molecular weight is 323 g/mol. The number of aryl methyl sites for hydroxylation is 2. The van der Waals surface area contributed by atoms with Crippen molar-refractivity contribution >= 4 is 11.5 Å². The van der Waals surface area contributed by atoms with E-state index in [0.717, 1.165) is 30.8 Å². The van der Waals surface area contributed by atoms with E-state index in [1.807, 2.05) is 29.6 Å². The third-order valence-corrected chi connectivity index (χ3v) is 4.95. The SMILES string of the molecule is Cc1nn(C)c(C)c1CCC(=O)N1CC=C(c2ccccc2)CC1. The zero-order valence-corrected chi connectivity index (χ0v) is 14.7. The first kappa shape index (κ1) is 16.5. The van der Waals surface area contributed by atoms with Gasteiger partial charge in [-0.1, -0.05) is 36.4 Å². The molecule has 4 nitrogen and oxygen atoms in total. The molecule has 2 heterocycles. The highest BCUT2D eigenvalue weighted by Gasteiger charge is 2.19. The minimum Gasteiger partial charge on any atom is -0.339 e. The Bertz CT molecular complexity index is 759. The Hall–Kier alpha value is -2.36. The van der Waals surface area contributed by atoms with E-state index in [1.54, 1.807) is 0 Å². The second-order valence-corrected chi connectivity index (χ2v) is 6.46. The summed E-state index contributed by atoms with van der Waals surface area (Å²) in [6.07, 6.45) is 4.45. The largest absolute Gasteiger partial charge is 0.339 e. The van der Waals surface area contributed by atoms with Crippen LogP contribution in [-0.2, 0) is 18.3 Å². The van der Waals surface area contributed by atoms with Crippen LogP contribution in [0.1, 0.15) is 35.4 Å². The molecule has 1 aromatic carbocycles. The van der Waals surface area contributed by atoms with Gasteiger partial charge in [0.2, 0.25) is 5.91 Å². The molecule has 0 spiro atoms. The second-order valence-electron chi connectivity index (χ2n) is 6.46. The molecule has 0 atom stereocenters. The van der Waals surface area contributed by atoms with E-state index in [2.05, 4.69) is 42.4 Å². The Morgan fingerprint density at radius 3 is 2.54 bits per heavy atom. The number of amides is 1. The maximum atomic E-state index is 12.5. The number of benzene rings is 1. The molecule has 0 aliphatic carbocycles. The van der Waals surface area contributed by atoms with E-state index in [1.165, 1.54) is 16.7 Å². The Kier molecular flexibility index (Phi) is 4.84. The summed E-state index contributed by atoms with van der Waals surface area (Å²) in [4.78, 5) is 14.5. The molecule has 2 aromatic rings. The average Bonchev–Trinajstić information content (AvgIpc) is 2.86. The first-order valence-electron chi connectivity index (χ1n) is 8.57. The number of nitrogens with zero attached hydrogens (tertiary/aromatic N) is 3. The molecule has 0 bridgehead atoms. The molecule has 1 amide bonds. The van der Waals surface area contributed by atoms with E-state index in [4.69, 9.17) is 0 Å². The molecule has 1 aliphatic heterocycles. The lowest BCUT2D eigenvalue weighted by atomic mass is 9.99. The molecule has 0 unspecified atom stereocenters. The highest BCUT2D eigenvalue weighted by Crippen LogP contribution is 2.23. The highest BCUT2D eigenvalue weighted by molar-refractivity contribution is 5.78. The molecule has 0 saturated carbocycles. The van der Waals surface area contributed by atoms with E-state index in [0.29, 0.717) is 13.0 Å². The fraction of sp³-hybridized carbons (Fsp3) is 0.400. The minimum absolute atomic E-state index is 0.237. The van der Waals surface area contributed by atoms with Crippen LogP contribution in [0.3, 0.4) is 0 Å². The summed E-state index contributed by atoms with van der Waals surface area (Å²) in [5.41, 5.74) is 6.02. The molecule has 0 saturated heterocycles. The fourth-order valence-corrected chi connectivity index (χ4v) is 3.38. The minimum atomic E-state index is 0.237. The fourth-order valence-electron chi connectivity index (χ4n) is 3.38.